The van der Waals surface area contributed by atoms with E-state index in [1.807, 2.05) is 30.3 Å². The van der Waals surface area contributed by atoms with Gasteiger partial charge in [0.25, 0.3) is 5.91 Å². The number of carbonyl (C=O) groups excluding carboxylic acids is 4. The highest BCUT2D eigenvalue weighted by Gasteiger charge is 2.44. The van der Waals surface area contributed by atoms with Crippen molar-refractivity contribution in [3.63, 3.8) is 0 Å². The van der Waals surface area contributed by atoms with Gasteiger partial charge in [0, 0.05) is 18.2 Å². The number of fused-ring (bicyclic) bond motifs is 1. The van der Waals surface area contributed by atoms with Crippen molar-refractivity contribution in [3.05, 3.63) is 65.2 Å². The molecule has 2 aliphatic heterocycles. The number of carbonyl (C=O) groups is 4. The van der Waals surface area contributed by atoms with Gasteiger partial charge in [-0.1, -0.05) is 36.4 Å². The van der Waals surface area contributed by atoms with Crippen molar-refractivity contribution in [2.75, 3.05) is 6.54 Å². The van der Waals surface area contributed by atoms with Crippen LogP contribution in [-0.4, -0.2) is 47.9 Å². The Kier molecular flexibility index (Phi) is 6.08. The number of nitrogens with zero attached hydrogens (tertiary/aromatic N) is 1. The second kappa shape index (κ2) is 9.09. The second-order valence-electron chi connectivity index (χ2n) is 7.60. The molecular formula is C23H23N3O5. The van der Waals surface area contributed by atoms with Crippen LogP contribution in [0.25, 0.3) is 0 Å². The Balaban J connectivity index is 1.57. The van der Waals surface area contributed by atoms with Crippen molar-refractivity contribution < 1.29 is 23.9 Å². The van der Waals surface area contributed by atoms with Crippen LogP contribution in [0.1, 0.15) is 40.5 Å². The number of piperidine rings is 1. The van der Waals surface area contributed by atoms with Gasteiger partial charge in [0.2, 0.25) is 12.2 Å². The van der Waals surface area contributed by atoms with Gasteiger partial charge in [-0.25, -0.2) is 0 Å². The maximum atomic E-state index is 13.2. The standard InChI is InChI=1S/C23H23N3O5/c27-12-19(29)18-10-9-16(11-24-18)26-22(25-14-28)21-17(23(26)30)7-4-8-20(21)31-13-15-5-2-1-3-6-15/h1-8,12,14,16,18,22,24H,9-11,13H2,(H,25,28). The number of aldehydes is 1. The molecule has 8 nitrogen and oxygen atoms in total. The lowest BCUT2D eigenvalue weighted by atomic mass is 9.97. The molecular weight excluding hydrogens is 398 g/mol. The first-order chi connectivity index (χ1) is 15.1. The van der Waals surface area contributed by atoms with E-state index in [2.05, 4.69) is 10.6 Å². The number of rotatable bonds is 8. The summed E-state index contributed by atoms with van der Waals surface area (Å²) in [5.41, 5.74) is 2.10. The Morgan fingerprint density at radius 3 is 2.61 bits per heavy atom. The van der Waals surface area contributed by atoms with E-state index < -0.39 is 18.0 Å². The summed E-state index contributed by atoms with van der Waals surface area (Å²) in [6, 6.07) is 14.2. The van der Waals surface area contributed by atoms with Gasteiger partial charge in [-0.05, 0) is 30.5 Å². The molecule has 0 aliphatic carbocycles. The molecule has 1 saturated heterocycles. The van der Waals surface area contributed by atoms with Gasteiger partial charge in [0.1, 0.15) is 18.5 Å². The lowest BCUT2D eigenvalue weighted by Crippen LogP contribution is -2.54. The highest BCUT2D eigenvalue weighted by Crippen LogP contribution is 2.40. The summed E-state index contributed by atoms with van der Waals surface area (Å²) in [6.07, 6.45) is 1.20. The zero-order valence-electron chi connectivity index (χ0n) is 16.8. The topological polar surface area (TPSA) is 105 Å². The number of hydrogen-bond donors (Lipinski definition) is 2. The molecule has 2 amide bonds. The molecule has 0 aromatic heterocycles. The molecule has 3 unspecified atom stereocenters. The Hall–Kier alpha value is -3.52. The van der Waals surface area contributed by atoms with Crippen molar-refractivity contribution in [2.24, 2.45) is 0 Å². The minimum Gasteiger partial charge on any atom is -0.488 e. The van der Waals surface area contributed by atoms with E-state index in [0.717, 1.165) is 5.56 Å². The summed E-state index contributed by atoms with van der Waals surface area (Å²) >= 11 is 0. The fraction of sp³-hybridized carbons (Fsp3) is 0.304. The molecule has 3 atom stereocenters. The van der Waals surface area contributed by atoms with Crippen LogP contribution in [-0.2, 0) is 21.0 Å². The normalized spacial score (nSPS) is 22.5. The molecule has 4 rings (SSSR count). The predicted octanol–water partition coefficient (Wildman–Crippen LogP) is 1.35. The van der Waals surface area contributed by atoms with Gasteiger partial charge in [0.15, 0.2) is 6.29 Å². The molecule has 2 aliphatic rings. The number of benzene rings is 2. The number of nitrogens with one attached hydrogen (secondary N) is 2. The van der Waals surface area contributed by atoms with E-state index in [1.165, 1.54) is 0 Å². The first-order valence-corrected chi connectivity index (χ1v) is 10.2. The SMILES string of the molecule is O=CNC1c2c(OCc3ccccc3)cccc2C(=O)N1C1CCC(C(=O)C=O)NC1. The highest BCUT2D eigenvalue weighted by molar-refractivity contribution is 6.27. The first kappa shape index (κ1) is 20.7. The van der Waals surface area contributed by atoms with Gasteiger partial charge >= 0.3 is 0 Å². The number of amides is 2. The third-order valence-corrected chi connectivity index (χ3v) is 5.79. The van der Waals surface area contributed by atoms with Gasteiger partial charge in [-0.2, -0.15) is 0 Å². The zero-order chi connectivity index (χ0) is 21.8. The smallest absolute Gasteiger partial charge is 0.256 e. The Bertz CT molecular complexity index is 986. The fourth-order valence-corrected chi connectivity index (χ4v) is 4.28. The Morgan fingerprint density at radius 2 is 1.94 bits per heavy atom. The van der Waals surface area contributed by atoms with Crippen LogP contribution in [0.4, 0.5) is 0 Å². The lowest BCUT2D eigenvalue weighted by Gasteiger charge is -2.37. The second-order valence-corrected chi connectivity index (χ2v) is 7.60. The summed E-state index contributed by atoms with van der Waals surface area (Å²) in [6.45, 7) is 0.682. The third kappa shape index (κ3) is 4.06. The molecule has 31 heavy (non-hydrogen) atoms. The summed E-state index contributed by atoms with van der Waals surface area (Å²) in [5.74, 6) is -0.158. The van der Waals surface area contributed by atoms with Gasteiger partial charge < -0.3 is 20.3 Å². The van der Waals surface area contributed by atoms with E-state index in [-0.39, 0.29) is 11.9 Å². The van der Waals surface area contributed by atoms with Gasteiger partial charge in [0.05, 0.1) is 11.6 Å². The van der Waals surface area contributed by atoms with Crippen molar-refractivity contribution in [2.45, 2.75) is 37.7 Å². The molecule has 0 saturated carbocycles. The van der Waals surface area contributed by atoms with Crippen LogP contribution in [0.3, 0.4) is 0 Å². The van der Waals surface area contributed by atoms with Crippen LogP contribution in [0.2, 0.25) is 0 Å². The van der Waals surface area contributed by atoms with E-state index in [9.17, 15) is 19.2 Å². The van der Waals surface area contributed by atoms with E-state index in [4.69, 9.17) is 4.74 Å². The number of ketones is 1. The molecule has 160 valence electrons. The molecule has 8 heteroatoms. The quantitative estimate of drug-likeness (QED) is 0.493. The van der Waals surface area contributed by atoms with Crippen molar-refractivity contribution in [1.82, 2.24) is 15.5 Å². The van der Waals surface area contributed by atoms with Crippen LogP contribution in [0.5, 0.6) is 5.75 Å². The van der Waals surface area contributed by atoms with Gasteiger partial charge in [-0.3, -0.25) is 19.2 Å². The molecule has 2 aromatic carbocycles. The molecule has 2 aromatic rings. The summed E-state index contributed by atoms with van der Waals surface area (Å²) in [4.78, 5) is 48.7. The van der Waals surface area contributed by atoms with E-state index in [0.29, 0.717) is 55.6 Å². The fourth-order valence-electron chi connectivity index (χ4n) is 4.28. The van der Waals surface area contributed by atoms with Crippen LogP contribution >= 0.6 is 0 Å². The molecule has 0 spiro atoms. The first-order valence-electron chi connectivity index (χ1n) is 10.2. The lowest BCUT2D eigenvalue weighted by molar-refractivity contribution is -0.131. The minimum atomic E-state index is -0.669. The van der Waals surface area contributed by atoms with E-state index in [1.54, 1.807) is 23.1 Å². The molecule has 1 fully saturated rings. The zero-order valence-corrected chi connectivity index (χ0v) is 16.8. The monoisotopic (exact) mass is 421 g/mol. The van der Waals surface area contributed by atoms with Crippen LogP contribution in [0.15, 0.2) is 48.5 Å². The average molecular weight is 421 g/mol. The highest BCUT2D eigenvalue weighted by atomic mass is 16.5. The Morgan fingerprint density at radius 1 is 1.13 bits per heavy atom. The summed E-state index contributed by atoms with van der Waals surface area (Å²) in [7, 11) is 0. The summed E-state index contributed by atoms with van der Waals surface area (Å²) in [5, 5.41) is 5.80. The molecule has 2 heterocycles. The third-order valence-electron chi connectivity index (χ3n) is 5.79. The molecule has 0 radical (unpaired) electrons. The van der Waals surface area contributed by atoms with Crippen LogP contribution in [0, 0.1) is 0 Å². The molecule has 0 bridgehead atoms. The van der Waals surface area contributed by atoms with Crippen LogP contribution < -0.4 is 15.4 Å². The maximum Gasteiger partial charge on any atom is 0.256 e. The van der Waals surface area contributed by atoms with Crippen molar-refractivity contribution in [3.8, 4) is 5.75 Å². The average Bonchev–Trinajstić information content (AvgIpc) is 3.10. The predicted molar refractivity (Wildman–Crippen MR) is 111 cm³/mol. The maximum absolute atomic E-state index is 13.2. The molecule has 2 N–H and O–H groups in total. The van der Waals surface area contributed by atoms with Gasteiger partial charge in [-0.15, -0.1) is 0 Å². The van der Waals surface area contributed by atoms with E-state index >= 15 is 0 Å². The summed E-state index contributed by atoms with van der Waals surface area (Å²) < 4.78 is 6.02. The van der Waals surface area contributed by atoms with Crippen molar-refractivity contribution in [1.29, 1.82) is 0 Å². The van der Waals surface area contributed by atoms with Crippen molar-refractivity contribution >= 4 is 24.4 Å². The number of ether oxygens (including phenoxy) is 1. The Labute approximate surface area is 179 Å². The largest absolute Gasteiger partial charge is 0.488 e. The number of Topliss-reactive ketones (excluding diaryl/α,β-unsaturated/α-hetero) is 1. The minimum absolute atomic E-state index is 0.202. The number of hydrogen-bond acceptors (Lipinski definition) is 6.